The van der Waals surface area contributed by atoms with Crippen molar-refractivity contribution in [3.05, 3.63) is 0 Å². The molecule has 5 N–H and O–H groups in total. The van der Waals surface area contributed by atoms with Crippen LogP contribution in [0.5, 0.6) is 0 Å². The lowest BCUT2D eigenvalue weighted by Gasteiger charge is -2.13. The lowest BCUT2D eigenvalue weighted by Crippen LogP contribution is -2.41. The van der Waals surface area contributed by atoms with E-state index < -0.39 is 18.1 Å². The Balaban J connectivity index is 4.23. The highest BCUT2D eigenvalue weighted by molar-refractivity contribution is 5.81. The molecule has 0 aromatic heterocycles. The SMILES string of the molecule is CCC[C@@H](CNC(=O)C(F)(F)F)N=C(N)N. The highest BCUT2D eigenvalue weighted by atomic mass is 19.4. The van der Waals surface area contributed by atoms with Gasteiger partial charge in [-0.2, -0.15) is 13.2 Å². The molecule has 0 heterocycles. The fourth-order valence-corrected chi connectivity index (χ4v) is 1.07. The molecule has 1 amide bonds. The minimum atomic E-state index is -4.88. The second-order valence-corrected chi connectivity index (χ2v) is 3.20. The number of rotatable bonds is 5. The zero-order valence-electron chi connectivity index (χ0n) is 8.84. The lowest BCUT2D eigenvalue weighted by atomic mass is 10.2. The van der Waals surface area contributed by atoms with E-state index in [2.05, 4.69) is 4.99 Å². The number of amides is 1. The van der Waals surface area contributed by atoms with Crippen molar-refractivity contribution in [1.29, 1.82) is 0 Å². The molecule has 0 aromatic rings. The minimum absolute atomic E-state index is 0.209. The first-order valence-electron chi connectivity index (χ1n) is 4.71. The van der Waals surface area contributed by atoms with E-state index in [0.717, 1.165) is 0 Å². The molecule has 0 aliphatic heterocycles. The van der Waals surface area contributed by atoms with E-state index in [1.807, 2.05) is 6.92 Å². The third-order valence-corrected chi connectivity index (χ3v) is 1.71. The smallest absolute Gasteiger partial charge is 0.370 e. The molecule has 0 bridgehead atoms. The summed E-state index contributed by atoms with van der Waals surface area (Å²) in [7, 11) is 0. The Kier molecular flexibility index (Phi) is 5.62. The number of nitrogens with zero attached hydrogens (tertiary/aromatic N) is 1. The summed E-state index contributed by atoms with van der Waals surface area (Å²) in [4.78, 5) is 14.2. The van der Waals surface area contributed by atoms with Gasteiger partial charge in [-0.15, -0.1) is 0 Å². The molecule has 16 heavy (non-hydrogen) atoms. The molecule has 0 unspecified atom stereocenters. The Hall–Kier alpha value is -1.47. The number of guanidine groups is 1. The quantitative estimate of drug-likeness (QED) is 0.470. The van der Waals surface area contributed by atoms with Crippen molar-refractivity contribution in [1.82, 2.24) is 5.32 Å². The maximum absolute atomic E-state index is 11.9. The maximum Gasteiger partial charge on any atom is 0.471 e. The van der Waals surface area contributed by atoms with Crippen molar-refractivity contribution >= 4 is 11.9 Å². The highest BCUT2D eigenvalue weighted by Crippen LogP contribution is 2.14. The summed E-state index contributed by atoms with van der Waals surface area (Å²) < 4.78 is 35.6. The number of carbonyl (C=O) groups excluding carboxylic acids is 1. The van der Waals surface area contributed by atoms with Crippen LogP contribution in [-0.2, 0) is 4.79 Å². The van der Waals surface area contributed by atoms with Gasteiger partial charge in [-0.05, 0) is 6.42 Å². The van der Waals surface area contributed by atoms with Crippen LogP contribution in [0.2, 0.25) is 0 Å². The Labute approximate surface area is 91.1 Å². The molecule has 0 radical (unpaired) electrons. The third-order valence-electron chi connectivity index (χ3n) is 1.71. The van der Waals surface area contributed by atoms with Gasteiger partial charge in [-0.1, -0.05) is 13.3 Å². The van der Waals surface area contributed by atoms with Gasteiger partial charge in [0.15, 0.2) is 5.96 Å². The second kappa shape index (κ2) is 6.19. The zero-order valence-corrected chi connectivity index (χ0v) is 8.84. The van der Waals surface area contributed by atoms with E-state index in [0.29, 0.717) is 12.8 Å². The van der Waals surface area contributed by atoms with Crippen molar-refractivity contribution in [3.8, 4) is 0 Å². The van der Waals surface area contributed by atoms with Crippen LogP contribution in [0.15, 0.2) is 4.99 Å². The largest absolute Gasteiger partial charge is 0.471 e. The average molecular weight is 240 g/mol. The van der Waals surface area contributed by atoms with Gasteiger partial charge < -0.3 is 16.8 Å². The van der Waals surface area contributed by atoms with Gasteiger partial charge >= 0.3 is 12.1 Å². The van der Waals surface area contributed by atoms with Gasteiger partial charge in [0.1, 0.15) is 0 Å². The van der Waals surface area contributed by atoms with Crippen molar-refractivity contribution in [2.75, 3.05) is 6.54 Å². The Morgan fingerprint density at radius 1 is 1.44 bits per heavy atom. The van der Waals surface area contributed by atoms with Crippen LogP contribution in [0.3, 0.4) is 0 Å². The molecule has 0 spiro atoms. The minimum Gasteiger partial charge on any atom is -0.370 e. The summed E-state index contributed by atoms with van der Waals surface area (Å²) >= 11 is 0. The summed E-state index contributed by atoms with van der Waals surface area (Å²) in [6.07, 6.45) is -3.69. The Morgan fingerprint density at radius 3 is 2.38 bits per heavy atom. The standard InChI is InChI=1S/C8H15F3N4O/c1-2-3-5(15-7(12)13)4-14-6(16)8(9,10)11/h5H,2-4H2,1H3,(H,14,16)(H4,12,13,15)/t5-/m0/s1. The van der Waals surface area contributed by atoms with Gasteiger partial charge in [-0.3, -0.25) is 4.79 Å². The Bertz CT molecular complexity index is 260. The number of nitrogens with two attached hydrogens (primary N) is 2. The first kappa shape index (κ1) is 14.5. The average Bonchev–Trinajstić information content (AvgIpc) is 2.11. The fraction of sp³-hybridized carbons (Fsp3) is 0.750. The van der Waals surface area contributed by atoms with Crippen LogP contribution >= 0.6 is 0 Å². The van der Waals surface area contributed by atoms with Crippen LogP contribution in [0.25, 0.3) is 0 Å². The Morgan fingerprint density at radius 2 is 2.00 bits per heavy atom. The lowest BCUT2D eigenvalue weighted by molar-refractivity contribution is -0.173. The first-order valence-corrected chi connectivity index (χ1v) is 4.71. The van der Waals surface area contributed by atoms with E-state index in [1.165, 1.54) is 0 Å². The second-order valence-electron chi connectivity index (χ2n) is 3.20. The summed E-state index contributed by atoms with van der Waals surface area (Å²) in [6.45, 7) is 1.60. The van der Waals surface area contributed by atoms with Crippen LogP contribution in [0.4, 0.5) is 13.2 Å². The van der Waals surface area contributed by atoms with Crippen molar-refractivity contribution < 1.29 is 18.0 Å². The molecule has 0 saturated heterocycles. The summed E-state index contributed by atoms with van der Waals surface area (Å²) in [6, 6.07) is -0.527. The van der Waals surface area contributed by atoms with Gasteiger partial charge in [0.2, 0.25) is 0 Å². The van der Waals surface area contributed by atoms with Gasteiger partial charge in [-0.25, -0.2) is 4.99 Å². The summed E-state index contributed by atoms with van der Waals surface area (Å²) in [5.41, 5.74) is 10.2. The predicted octanol–water partition coefficient (Wildman–Crippen LogP) is 0.107. The number of aliphatic imine (C=N–C) groups is 1. The van der Waals surface area contributed by atoms with Gasteiger partial charge in [0.05, 0.1) is 6.04 Å². The number of carbonyl (C=O) groups is 1. The van der Waals surface area contributed by atoms with Crippen molar-refractivity contribution in [2.24, 2.45) is 16.5 Å². The zero-order chi connectivity index (χ0) is 12.8. The number of alkyl halides is 3. The number of halogens is 3. The summed E-state index contributed by atoms with van der Waals surface area (Å²) in [5, 5.41) is 1.73. The number of nitrogens with one attached hydrogen (secondary N) is 1. The maximum atomic E-state index is 11.9. The molecule has 0 aliphatic carbocycles. The topological polar surface area (TPSA) is 93.5 Å². The molecule has 0 saturated carbocycles. The van der Waals surface area contributed by atoms with Gasteiger partial charge in [0.25, 0.3) is 0 Å². The number of hydrogen-bond acceptors (Lipinski definition) is 2. The van der Waals surface area contributed by atoms with E-state index in [9.17, 15) is 18.0 Å². The van der Waals surface area contributed by atoms with E-state index >= 15 is 0 Å². The van der Waals surface area contributed by atoms with E-state index in [4.69, 9.17) is 11.5 Å². The monoisotopic (exact) mass is 240 g/mol. The molecule has 0 fully saturated rings. The number of hydrogen-bond donors (Lipinski definition) is 3. The molecular weight excluding hydrogens is 225 g/mol. The third kappa shape index (κ3) is 6.10. The predicted molar refractivity (Wildman–Crippen MR) is 53.6 cm³/mol. The molecule has 0 rings (SSSR count). The molecular formula is C8H15F3N4O. The molecule has 0 aromatic carbocycles. The van der Waals surface area contributed by atoms with Gasteiger partial charge in [0, 0.05) is 6.54 Å². The van der Waals surface area contributed by atoms with Crippen molar-refractivity contribution in [2.45, 2.75) is 32.0 Å². The van der Waals surface area contributed by atoms with E-state index in [-0.39, 0.29) is 12.5 Å². The molecule has 8 heteroatoms. The van der Waals surface area contributed by atoms with Crippen LogP contribution in [0, 0.1) is 0 Å². The molecule has 94 valence electrons. The van der Waals surface area contributed by atoms with Crippen LogP contribution in [0.1, 0.15) is 19.8 Å². The first-order chi connectivity index (χ1) is 7.27. The summed E-state index contributed by atoms with van der Waals surface area (Å²) in [5.74, 6) is -2.20. The van der Waals surface area contributed by atoms with Crippen LogP contribution < -0.4 is 16.8 Å². The van der Waals surface area contributed by atoms with Crippen LogP contribution in [-0.4, -0.2) is 30.6 Å². The molecule has 5 nitrogen and oxygen atoms in total. The highest BCUT2D eigenvalue weighted by Gasteiger charge is 2.38. The fourth-order valence-electron chi connectivity index (χ4n) is 1.07. The van der Waals surface area contributed by atoms with Crippen molar-refractivity contribution in [3.63, 3.8) is 0 Å². The van der Waals surface area contributed by atoms with E-state index in [1.54, 1.807) is 5.32 Å². The molecule has 0 aliphatic rings. The molecule has 1 atom stereocenters. The normalized spacial score (nSPS) is 13.0.